The maximum absolute atomic E-state index is 12.7. The number of rotatable bonds is 4. The molecule has 0 aliphatic carbocycles. The molecule has 1 aliphatic heterocycles. The highest BCUT2D eigenvalue weighted by Gasteiger charge is 2.47. The van der Waals surface area contributed by atoms with Crippen molar-refractivity contribution in [3.63, 3.8) is 0 Å². The summed E-state index contributed by atoms with van der Waals surface area (Å²) in [7, 11) is 1.51. The molecule has 4 rings (SSSR count). The molecule has 6 nitrogen and oxygen atoms in total. The number of benzene rings is 2. The second-order valence-electron chi connectivity index (χ2n) is 6.09. The van der Waals surface area contributed by atoms with E-state index in [2.05, 4.69) is 5.32 Å². The third kappa shape index (κ3) is 2.46. The van der Waals surface area contributed by atoms with Crippen LogP contribution >= 0.6 is 11.6 Å². The standard InChI is InChI=1S/C19H14ClNO5/c1-25-15-4-2-3-10-7-16(26-17(10)15)14(22)9-19(24)12-8-11(20)5-6-13(12)21-18(19)23/h2-8,24H,9H2,1H3,(H,21,23). The molecule has 1 aromatic heterocycles. The van der Waals surface area contributed by atoms with E-state index in [0.717, 1.165) is 0 Å². The Labute approximate surface area is 153 Å². The molecule has 2 N–H and O–H groups in total. The van der Waals surface area contributed by atoms with Crippen molar-refractivity contribution in [1.29, 1.82) is 0 Å². The van der Waals surface area contributed by atoms with Gasteiger partial charge in [0.25, 0.3) is 5.91 Å². The van der Waals surface area contributed by atoms with Crippen LogP contribution in [0.1, 0.15) is 22.5 Å². The van der Waals surface area contributed by atoms with Gasteiger partial charge in [-0.2, -0.15) is 0 Å². The zero-order chi connectivity index (χ0) is 18.5. The largest absolute Gasteiger partial charge is 0.493 e. The number of para-hydroxylation sites is 1. The van der Waals surface area contributed by atoms with Crippen LogP contribution in [0, 0.1) is 0 Å². The third-order valence-electron chi connectivity index (χ3n) is 4.47. The minimum atomic E-state index is -2.00. The lowest BCUT2D eigenvalue weighted by Crippen LogP contribution is -2.36. The van der Waals surface area contributed by atoms with E-state index in [1.54, 1.807) is 36.4 Å². The predicted molar refractivity (Wildman–Crippen MR) is 95.7 cm³/mol. The van der Waals surface area contributed by atoms with Gasteiger partial charge in [0.15, 0.2) is 22.7 Å². The number of hydrogen-bond acceptors (Lipinski definition) is 5. The number of ketones is 1. The summed E-state index contributed by atoms with van der Waals surface area (Å²) in [5.74, 6) is -0.636. The number of hydrogen-bond donors (Lipinski definition) is 2. The summed E-state index contributed by atoms with van der Waals surface area (Å²) in [6.45, 7) is 0. The lowest BCUT2D eigenvalue weighted by atomic mass is 9.89. The minimum absolute atomic E-state index is 0.0428. The van der Waals surface area contributed by atoms with Gasteiger partial charge in [0.1, 0.15) is 0 Å². The summed E-state index contributed by atoms with van der Waals surface area (Å²) < 4.78 is 10.8. The molecule has 0 radical (unpaired) electrons. The van der Waals surface area contributed by atoms with Crippen LogP contribution in [0.3, 0.4) is 0 Å². The number of carbonyl (C=O) groups excluding carboxylic acids is 2. The molecule has 0 spiro atoms. The Bertz CT molecular complexity index is 1060. The highest BCUT2D eigenvalue weighted by atomic mass is 35.5. The van der Waals surface area contributed by atoms with E-state index in [0.29, 0.717) is 27.4 Å². The zero-order valence-corrected chi connectivity index (χ0v) is 14.5. The average molecular weight is 372 g/mol. The van der Waals surface area contributed by atoms with E-state index in [4.69, 9.17) is 20.8 Å². The highest BCUT2D eigenvalue weighted by Crippen LogP contribution is 2.41. The first-order valence-corrected chi connectivity index (χ1v) is 8.24. The molecule has 2 heterocycles. The number of Topliss-reactive ketones (excluding diaryl/α,β-unsaturated/α-hetero) is 1. The highest BCUT2D eigenvalue weighted by molar-refractivity contribution is 6.31. The number of halogens is 1. The molecular weight excluding hydrogens is 358 g/mol. The van der Waals surface area contributed by atoms with Gasteiger partial charge in [0.2, 0.25) is 5.78 Å². The molecular formula is C19H14ClNO5. The van der Waals surface area contributed by atoms with Gasteiger partial charge in [-0.1, -0.05) is 23.7 Å². The van der Waals surface area contributed by atoms with Crippen LogP contribution in [-0.4, -0.2) is 23.9 Å². The number of amides is 1. The summed E-state index contributed by atoms with van der Waals surface area (Å²) in [6.07, 6.45) is -0.464. The Morgan fingerprint density at radius 3 is 2.88 bits per heavy atom. The van der Waals surface area contributed by atoms with E-state index in [1.807, 2.05) is 0 Å². The van der Waals surface area contributed by atoms with E-state index in [9.17, 15) is 14.7 Å². The van der Waals surface area contributed by atoms with E-state index in [1.165, 1.54) is 13.2 Å². The number of anilines is 1. The molecule has 1 aliphatic rings. The minimum Gasteiger partial charge on any atom is -0.493 e. The van der Waals surface area contributed by atoms with Crippen molar-refractivity contribution < 1.29 is 23.8 Å². The second kappa shape index (κ2) is 5.86. The lowest BCUT2D eigenvalue weighted by molar-refractivity contribution is -0.133. The van der Waals surface area contributed by atoms with Gasteiger partial charge >= 0.3 is 0 Å². The fourth-order valence-corrected chi connectivity index (χ4v) is 3.32. The summed E-state index contributed by atoms with van der Waals surface area (Å²) in [5, 5.41) is 14.5. The monoisotopic (exact) mass is 371 g/mol. The molecule has 7 heteroatoms. The van der Waals surface area contributed by atoms with Crippen molar-refractivity contribution in [2.45, 2.75) is 12.0 Å². The molecule has 1 unspecified atom stereocenters. The maximum atomic E-state index is 12.7. The molecule has 1 amide bonds. The van der Waals surface area contributed by atoms with E-state index < -0.39 is 23.7 Å². The Kier molecular flexibility index (Phi) is 3.75. The van der Waals surface area contributed by atoms with Crippen molar-refractivity contribution in [3.8, 4) is 5.75 Å². The van der Waals surface area contributed by atoms with E-state index >= 15 is 0 Å². The Balaban J connectivity index is 1.71. The zero-order valence-electron chi connectivity index (χ0n) is 13.7. The molecule has 0 bridgehead atoms. The number of nitrogens with one attached hydrogen (secondary N) is 1. The van der Waals surface area contributed by atoms with Gasteiger partial charge in [0.05, 0.1) is 13.5 Å². The van der Waals surface area contributed by atoms with Gasteiger partial charge in [-0.15, -0.1) is 0 Å². The molecule has 0 saturated heterocycles. The lowest BCUT2D eigenvalue weighted by Gasteiger charge is -2.19. The van der Waals surface area contributed by atoms with Crippen LogP contribution in [0.5, 0.6) is 5.75 Å². The molecule has 26 heavy (non-hydrogen) atoms. The van der Waals surface area contributed by atoms with Crippen molar-refractivity contribution in [3.05, 3.63) is 58.8 Å². The molecule has 132 valence electrons. The average Bonchev–Trinajstić information content (AvgIpc) is 3.16. The van der Waals surface area contributed by atoms with Gasteiger partial charge < -0.3 is 19.6 Å². The summed E-state index contributed by atoms with van der Waals surface area (Å²) >= 11 is 5.97. The number of methoxy groups -OCH3 is 1. The van der Waals surface area contributed by atoms with E-state index in [-0.39, 0.29) is 11.3 Å². The van der Waals surface area contributed by atoms with Crippen molar-refractivity contribution in [2.24, 2.45) is 0 Å². The number of fused-ring (bicyclic) bond motifs is 2. The molecule has 2 aromatic carbocycles. The quantitative estimate of drug-likeness (QED) is 0.685. The maximum Gasteiger partial charge on any atom is 0.261 e. The fourth-order valence-electron chi connectivity index (χ4n) is 3.15. The summed E-state index contributed by atoms with van der Waals surface area (Å²) in [5.41, 5.74) is -0.858. The predicted octanol–water partition coefficient (Wildman–Crippen LogP) is 3.51. The normalized spacial score (nSPS) is 18.7. The molecule has 1 atom stereocenters. The number of furan rings is 1. The number of aliphatic hydroxyl groups is 1. The van der Waals surface area contributed by atoms with Crippen LogP contribution < -0.4 is 10.1 Å². The van der Waals surface area contributed by atoms with Crippen LogP contribution in [0.25, 0.3) is 11.0 Å². The first kappa shape index (κ1) is 16.6. The molecule has 0 saturated carbocycles. The smallest absolute Gasteiger partial charge is 0.261 e. The Hall–Kier alpha value is -2.83. The van der Waals surface area contributed by atoms with Crippen molar-refractivity contribution in [1.82, 2.24) is 0 Å². The first-order chi connectivity index (χ1) is 12.4. The summed E-state index contributed by atoms with van der Waals surface area (Å²) in [4.78, 5) is 25.0. The second-order valence-corrected chi connectivity index (χ2v) is 6.53. The van der Waals surface area contributed by atoms with Crippen LogP contribution in [0.2, 0.25) is 5.02 Å². The first-order valence-electron chi connectivity index (χ1n) is 7.86. The van der Waals surface area contributed by atoms with Gasteiger partial charge in [0, 0.05) is 21.7 Å². The van der Waals surface area contributed by atoms with Crippen molar-refractivity contribution in [2.75, 3.05) is 12.4 Å². The summed E-state index contributed by atoms with van der Waals surface area (Å²) in [6, 6.07) is 11.5. The van der Waals surface area contributed by atoms with Gasteiger partial charge in [-0.3, -0.25) is 9.59 Å². The Morgan fingerprint density at radius 1 is 1.31 bits per heavy atom. The molecule has 3 aromatic rings. The molecule has 0 fully saturated rings. The van der Waals surface area contributed by atoms with Crippen LogP contribution in [-0.2, 0) is 10.4 Å². The fraction of sp³-hybridized carbons (Fsp3) is 0.158. The van der Waals surface area contributed by atoms with Crippen molar-refractivity contribution >= 4 is 39.9 Å². The SMILES string of the molecule is COc1cccc2cc(C(=O)CC3(O)C(=O)Nc4ccc(Cl)cc43)oc12. The Morgan fingerprint density at radius 2 is 2.12 bits per heavy atom. The number of carbonyl (C=O) groups is 2. The number of ether oxygens (including phenoxy) is 1. The third-order valence-corrected chi connectivity index (χ3v) is 4.71. The van der Waals surface area contributed by atoms with Gasteiger partial charge in [-0.05, 0) is 30.3 Å². The topological polar surface area (TPSA) is 88.8 Å². The van der Waals surface area contributed by atoms with Crippen LogP contribution in [0.4, 0.5) is 5.69 Å². The van der Waals surface area contributed by atoms with Crippen LogP contribution in [0.15, 0.2) is 46.9 Å². The van der Waals surface area contributed by atoms with Gasteiger partial charge in [-0.25, -0.2) is 0 Å².